The number of hydrogen-bond acceptors (Lipinski definition) is 4. The van der Waals surface area contributed by atoms with E-state index >= 15 is 0 Å². The lowest BCUT2D eigenvalue weighted by Gasteiger charge is -2.11. The van der Waals surface area contributed by atoms with Crippen molar-refractivity contribution < 1.29 is 9.47 Å². The summed E-state index contributed by atoms with van der Waals surface area (Å²) >= 11 is 6.15. The van der Waals surface area contributed by atoms with Crippen molar-refractivity contribution in [1.82, 2.24) is 4.98 Å². The van der Waals surface area contributed by atoms with Crippen molar-refractivity contribution in [1.29, 1.82) is 0 Å². The normalized spacial score (nSPS) is 10.2. The summed E-state index contributed by atoms with van der Waals surface area (Å²) in [4.78, 5) is 4.45. The summed E-state index contributed by atoms with van der Waals surface area (Å²) in [5, 5.41) is 3.90. The quantitative estimate of drug-likeness (QED) is 0.913. The van der Waals surface area contributed by atoms with Crippen LogP contribution in [0.3, 0.4) is 0 Å². The fourth-order valence-corrected chi connectivity index (χ4v) is 2.05. The van der Waals surface area contributed by atoms with E-state index in [0.717, 1.165) is 28.6 Å². The maximum atomic E-state index is 6.15. The smallest absolute Gasteiger partial charge is 0.122 e. The molecule has 1 aromatic carbocycles. The lowest BCUT2D eigenvalue weighted by molar-refractivity contribution is 0.413. The number of nitrogens with one attached hydrogen (secondary N) is 1. The molecule has 1 aromatic heterocycles. The number of methoxy groups -OCH3 is 2. The fraction of sp³-hybridized carbons (Fsp3) is 0.267. The monoisotopic (exact) mass is 292 g/mol. The standard InChI is InChI=1S/C15H17ClN2O2/c1-10-6-13(20-3)7-11(18-10)9-17-15-8-12(19-2)4-5-14(15)16/h4-8,17H,9H2,1-3H3. The summed E-state index contributed by atoms with van der Waals surface area (Å²) in [6.45, 7) is 2.50. The van der Waals surface area contributed by atoms with Gasteiger partial charge in [0.25, 0.3) is 0 Å². The van der Waals surface area contributed by atoms with Crippen LogP contribution in [0.25, 0.3) is 0 Å². The maximum absolute atomic E-state index is 6.15. The Morgan fingerprint density at radius 2 is 1.85 bits per heavy atom. The van der Waals surface area contributed by atoms with Gasteiger partial charge in [0.15, 0.2) is 0 Å². The molecule has 5 heteroatoms. The van der Waals surface area contributed by atoms with Gasteiger partial charge < -0.3 is 14.8 Å². The largest absolute Gasteiger partial charge is 0.497 e. The zero-order valence-corrected chi connectivity index (χ0v) is 12.5. The second-order valence-corrected chi connectivity index (χ2v) is 4.75. The summed E-state index contributed by atoms with van der Waals surface area (Å²) in [6.07, 6.45) is 0. The number of hydrogen-bond donors (Lipinski definition) is 1. The first-order valence-electron chi connectivity index (χ1n) is 6.21. The van der Waals surface area contributed by atoms with Crippen molar-refractivity contribution in [2.75, 3.05) is 19.5 Å². The molecule has 0 aliphatic heterocycles. The van der Waals surface area contributed by atoms with Gasteiger partial charge in [-0.25, -0.2) is 0 Å². The van der Waals surface area contributed by atoms with E-state index in [2.05, 4.69) is 10.3 Å². The summed E-state index contributed by atoms with van der Waals surface area (Å²) in [5.74, 6) is 1.55. The van der Waals surface area contributed by atoms with Crippen molar-refractivity contribution in [2.45, 2.75) is 13.5 Å². The molecule has 1 heterocycles. The van der Waals surface area contributed by atoms with E-state index < -0.39 is 0 Å². The number of benzene rings is 1. The molecule has 1 N–H and O–H groups in total. The Morgan fingerprint density at radius 3 is 2.55 bits per heavy atom. The minimum absolute atomic E-state index is 0.560. The van der Waals surface area contributed by atoms with Crippen LogP contribution in [0, 0.1) is 6.92 Å². The Bertz CT molecular complexity index is 602. The van der Waals surface area contributed by atoms with Crippen LogP contribution in [0.4, 0.5) is 5.69 Å². The van der Waals surface area contributed by atoms with Gasteiger partial charge in [-0.1, -0.05) is 11.6 Å². The zero-order valence-electron chi connectivity index (χ0n) is 11.7. The van der Waals surface area contributed by atoms with E-state index in [1.54, 1.807) is 20.3 Å². The minimum atomic E-state index is 0.560. The minimum Gasteiger partial charge on any atom is -0.497 e. The second kappa shape index (κ2) is 6.48. The van der Waals surface area contributed by atoms with Gasteiger partial charge in [-0.3, -0.25) is 4.98 Å². The molecule has 0 spiro atoms. The van der Waals surface area contributed by atoms with Gasteiger partial charge in [0, 0.05) is 23.9 Å². The third-order valence-corrected chi connectivity index (χ3v) is 3.18. The lowest BCUT2D eigenvalue weighted by atomic mass is 10.2. The van der Waals surface area contributed by atoms with Crippen molar-refractivity contribution in [3.63, 3.8) is 0 Å². The Kier molecular flexibility index (Phi) is 4.69. The highest BCUT2D eigenvalue weighted by Gasteiger charge is 2.04. The molecule has 0 aliphatic carbocycles. The fourth-order valence-electron chi connectivity index (χ4n) is 1.86. The Balaban J connectivity index is 2.14. The first-order valence-corrected chi connectivity index (χ1v) is 6.59. The van der Waals surface area contributed by atoms with Gasteiger partial charge in [0.2, 0.25) is 0 Å². The van der Waals surface area contributed by atoms with Crippen molar-refractivity contribution in [3.8, 4) is 11.5 Å². The van der Waals surface area contributed by atoms with E-state index in [-0.39, 0.29) is 0 Å². The van der Waals surface area contributed by atoms with Crippen LogP contribution in [-0.4, -0.2) is 19.2 Å². The topological polar surface area (TPSA) is 43.4 Å². The van der Waals surface area contributed by atoms with Crippen LogP contribution in [0.5, 0.6) is 11.5 Å². The summed E-state index contributed by atoms with van der Waals surface area (Å²) in [7, 11) is 3.27. The molecule has 0 atom stereocenters. The van der Waals surface area contributed by atoms with Crippen LogP contribution < -0.4 is 14.8 Å². The van der Waals surface area contributed by atoms with Crippen LogP contribution in [-0.2, 0) is 6.54 Å². The van der Waals surface area contributed by atoms with E-state index in [9.17, 15) is 0 Å². The van der Waals surface area contributed by atoms with Crippen LogP contribution in [0.1, 0.15) is 11.4 Å². The second-order valence-electron chi connectivity index (χ2n) is 4.34. The molecule has 0 bridgehead atoms. The Morgan fingerprint density at radius 1 is 1.10 bits per heavy atom. The van der Waals surface area contributed by atoms with Gasteiger partial charge in [0.1, 0.15) is 11.5 Å². The molecule has 0 aliphatic rings. The highest BCUT2D eigenvalue weighted by Crippen LogP contribution is 2.27. The average molecular weight is 293 g/mol. The van der Waals surface area contributed by atoms with Crippen molar-refractivity contribution >= 4 is 17.3 Å². The number of anilines is 1. The number of ether oxygens (including phenoxy) is 2. The third kappa shape index (κ3) is 3.54. The van der Waals surface area contributed by atoms with Crippen LogP contribution >= 0.6 is 11.6 Å². The molecule has 0 radical (unpaired) electrons. The van der Waals surface area contributed by atoms with Crippen molar-refractivity contribution in [3.05, 3.63) is 46.7 Å². The van der Waals surface area contributed by atoms with E-state index in [4.69, 9.17) is 21.1 Å². The van der Waals surface area contributed by atoms with Gasteiger partial charge >= 0.3 is 0 Å². The molecule has 20 heavy (non-hydrogen) atoms. The molecule has 0 amide bonds. The van der Waals surface area contributed by atoms with E-state index in [1.165, 1.54) is 0 Å². The average Bonchev–Trinajstić information content (AvgIpc) is 2.45. The molecule has 2 rings (SSSR count). The number of pyridine rings is 1. The lowest BCUT2D eigenvalue weighted by Crippen LogP contribution is -2.04. The third-order valence-electron chi connectivity index (χ3n) is 2.85. The maximum Gasteiger partial charge on any atom is 0.122 e. The predicted octanol–water partition coefficient (Wildman–Crippen LogP) is 3.67. The first-order chi connectivity index (χ1) is 9.62. The molecule has 0 saturated heterocycles. The molecule has 0 fully saturated rings. The van der Waals surface area contributed by atoms with Gasteiger partial charge in [0.05, 0.1) is 37.2 Å². The summed E-state index contributed by atoms with van der Waals surface area (Å²) in [5.41, 5.74) is 2.62. The number of nitrogens with zero attached hydrogens (tertiary/aromatic N) is 1. The number of rotatable bonds is 5. The number of halogens is 1. The molecule has 0 saturated carbocycles. The van der Waals surface area contributed by atoms with Crippen molar-refractivity contribution in [2.24, 2.45) is 0 Å². The zero-order chi connectivity index (χ0) is 14.5. The Labute approximate surface area is 123 Å². The first kappa shape index (κ1) is 14.5. The van der Waals surface area contributed by atoms with Gasteiger partial charge in [-0.2, -0.15) is 0 Å². The molecule has 106 valence electrons. The van der Waals surface area contributed by atoms with Gasteiger partial charge in [-0.05, 0) is 19.1 Å². The summed E-state index contributed by atoms with van der Waals surface area (Å²) < 4.78 is 10.4. The van der Waals surface area contributed by atoms with Gasteiger partial charge in [-0.15, -0.1) is 0 Å². The summed E-state index contributed by atoms with van der Waals surface area (Å²) in [6, 6.07) is 9.26. The molecule has 0 unspecified atom stereocenters. The highest BCUT2D eigenvalue weighted by atomic mass is 35.5. The Hall–Kier alpha value is -1.94. The highest BCUT2D eigenvalue weighted by molar-refractivity contribution is 6.33. The number of aromatic nitrogens is 1. The molecule has 2 aromatic rings. The molecule has 4 nitrogen and oxygen atoms in total. The van der Waals surface area contributed by atoms with Crippen LogP contribution in [0.15, 0.2) is 30.3 Å². The number of aryl methyl sites for hydroxylation is 1. The van der Waals surface area contributed by atoms with E-state index in [1.807, 2.05) is 31.2 Å². The molecular formula is C15H17ClN2O2. The SMILES string of the molecule is COc1cc(C)nc(CNc2cc(OC)ccc2Cl)c1. The van der Waals surface area contributed by atoms with Crippen LogP contribution in [0.2, 0.25) is 5.02 Å². The van der Waals surface area contributed by atoms with E-state index in [0.29, 0.717) is 11.6 Å². The molecular weight excluding hydrogens is 276 g/mol. The predicted molar refractivity (Wildman–Crippen MR) is 80.9 cm³/mol.